The summed E-state index contributed by atoms with van der Waals surface area (Å²) in [5.74, 6) is 0.817. The first-order valence-corrected chi connectivity index (χ1v) is 6.28. The van der Waals surface area contributed by atoms with Crippen LogP contribution in [-0.2, 0) is 0 Å². The molecule has 1 heteroatoms. The molecule has 1 atom stereocenters. The maximum Gasteiger partial charge on any atom is 0.0277 e. The van der Waals surface area contributed by atoms with Crippen LogP contribution in [0.3, 0.4) is 0 Å². The SMILES string of the molecule is CCCCCCCC(C)(CC)CCl. The van der Waals surface area contributed by atoms with Crippen LogP contribution in [0.5, 0.6) is 0 Å². The van der Waals surface area contributed by atoms with Crippen molar-refractivity contribution in [1.29, 1.82) is 0 Å². The standard InChI is InChI=1S/C12H25Cl/c1-4-6-7-8-9-10-12(3,5-2)11-13/h4-11H2,1-3H3. The summed E-state index contributed by atoms with van der Waals surface area (Å²) < 4.78 is 0. The van der Waals surface area contributed by atoms with Crippen molar-refractivity contribution >= 4 is 11.6 Å². The van der Waals surface area contributed by atoms with Gasteiger partial charge in [-0.3, -0.25) is 0 Å². The predicted molar refractivity (Wildman–Crippen MR) is 62.5 cm³/mol. The average Bonchev–Trinajstić information content (AvgIpc) is 2.17. The Morgan fingerprint density at radius 1 is 1.00 bits per heavy atom. The lowest BCUT2D eigenvalue weighted by Crippen LogP contribution is -2.16. The maximum atomic E-state index is 5.95. The highest BCUT2D eigenvalue weighted by atomic mass is 35.5. The van der Waals surface area contributed by atoms with Crippen molar-refractivity contribution in [1.82, 2.24) is 0 Å². The van der Waals surface area contributed by atoms with E-state index < -0.39 is 0 Å². The van der Waals surface area contributed by atoms with Crippen LogP contribution in [0.25, 0.3) is 0 Å². The quantitative estimate of drug-likeness (QED) is 0.386. The zero-order valence-electron chi connectivity index (χ0n) is 9.53. The molecule has 0 saturated carbocycles. The fraction of sp³-hybridized carbons (Fsp3) is 1.00. The van der Waals surface area contributed by atoms with E-state index in [1.807, 2.05) is 0 Å². The third kappa shape index (κ3) is 6.37. The van der Waals surface area contributed by atoms with Crippen LogP contribution in [0.2, 0.25) is 0 Å². The Labute approximate surface area is 89.1 Å². The molecule has 0 rings (SSSR count). The lowest BCUT2D eigenvalue weighted by atomic mass is 9.84. The molecule has 0 aliphatic carbocycles. The number of rotatable bonds is 8. The monoisotopic (exact) mass is 204 g/mol. The molecule has 80 valence electrons. The van der Waals surface area contributed by atoms with E-state index in [0.29, 0.717) is 5.41 Å². The minimum Gasteiger partial charge on any atom is -0.126 e. The van der Waals surface area contributed by atoms with Crippen molar-refractivity contribution in [3.8, 4) is 0 Å². The molecule has 0 aromatic heterocycles. The fourth-order valence-electron chi connectivity index (χ4n) is 1.49. The molecule has 0 aliphatic heterocycles. The van der Waals surface area contributed by atoms with Gasteiger partial charge in [0.1, 0.15) is 0 Å². The van der Waals surface area contributed by atoms with Gasteiger partial charge in [-0.2, -0.15) is 0 Å². The van der Waals surface area contributed by atoms with Gasteiger partial charge < -0.3 is 0 Å². The van der Waals surface area contributed by atoms with E-state index in [2.05, 4.69) is 20.8 Å². The number of halogens is 1. The van der Waals surface area contributed by atoms with Gasteiger partial charge in [0, 0.05) is 5.88 Å². The molecule has 1 unspecified atom stereocenters. The van der Waals surface area contributed by atoms with E-state index in [-0.39, 0.29) is 0 Å². The lowest BCUT2D eigenvalue weighted by molar-refractivity contribution is 0.313. The smallest absolute Gasteiger partial charge is 0.0277 e. The second-order valence-corrected chi connectivity index (χ2v) is 4.73. The van der Waals surface area contributed by atoms with Crippen LogP contribution < -0.4 is 0 Å². The van der Waals surface area contributed by atoms with Crippen molar-refractivity contribution < 1.29 is 0 Å². The van der Waals surface area contributed by atoms with E-state index in [9.17, 15) is 0 Å². The van der Waals surface area contributed by atoms with Gasteiger partial charge in [-0.15, -0.1) is 11.6 Å². The van der Waals surface area contributed by atoms with Gasteiger partial charge in [-0.1, -0.05) is 52.9 Å². The molecule has 0 aromatic rings. The first kappa shape index (κ1) is 13.3. The zero-order chi connectivity index (χ0) is 10.2. The predicted octanol–water partition coefficient (Wildman–Crippen LogP) is 5.00. The third-order valence-electron chi connectivity index (χ3n) is 3.06. The molecule has 0 spiro atoms. The third-order valence-corrected chi connectivity index (χ3v) is 3.71. The number of hydrogen-bond donors (Lipinski definition) is 0. The van der Waals surface area contributed by atoms with Gasteiger partial charge in [0.25, 0.3) is 0 Å². The Hall–Kier alpha value is 0.290. The second-order valence-electron chi connectivity index (χ2n) is 4.46. The summed E-state index contributed by atoms with van der Waals surface area (Å²) in [6.45, 7) is 6.81. The first-order valence-electron chi connectivity index (χ1n) is 5.74. The van der Waals surface area contributed by atoms with E-state index in [0.717, 1.165) is 5.88 Å². The highest BCUT2D eigenvalue weighted by Crippen LogP contribution is 2.29. The van der Waals surface area contributed by atoms with Crippen LogP contribution in [0.4, 0.5) is 0 Å². The minimum absolute atomic E-state index is 0.397. The number of alkyl halides is 1. The summed E-state index contributed by atoms with van der Waals surface area (Å²) in [5.41, 5.74) is 0.397. The van der Waals surface area contributed by atoms with Crippen molar-refractivity contribution in [3.05, 3.63) is 0 Å². The van der Waals surface area contributed by atoms with Gasteiger partial charge in [-0.25, -0.2) is 0 Å². The van der Waals surface area contributed by atoms with Gasteiger partial charge in [0.15, 0.2) is 0 Å². The minimum atomic E-state index is 0.397. The maximum absolute atomic E-state index is 5.95. The second kappa shape index (κ2) is 7.67. The highest BCUT2D eigenvalue weighted by Gasteiger charge is 2.19. The van der Waals surface area contributed by atoms with Crippen molar-refractivity contribution in [2.24, 2.45) is 5.41 Å². The zero-order valence-corrected chi connectivity index (χ0v) is 10.3. The summed E-state index contributed by atoms with van der Waals surface area (Å²) in [4.78, 5) is 0. The highest BCUT2D eigenvalue weighted by molar-refractivity contribution is 6.18. The Bertz CT molecular complexity index is 106. The Morgan fingerprint density at radius 2 is 1.62 bits per heavy atom. The molecule has 0 heterocycles. The largest absolute Gasteiger partial charge is 0.126 e. The molecule has 0 saturated heterocycles. The molecule has 0 N–H and O–H groups in total. The van der Waals surface area contributed by atoms with Crippen molar-refractivity contribution in [3.63, 3.8) is 0 Å². The average molecular weight is 205 g/mol. The Kier molecular flexibility index (Phi) is 7.84. The van der Waals surface area contributed by atoms with Gasteiger partial charge in [-0.05, 0) is 18.3 Å². The molecule has 0 amide bonds. The molecule has 0 aliphatic rings. The van der Waals surface area contributed by atoms with Crippen LogP contribution in [0.1, 0.15) is 65.7 Å². The summed E-state index contributed by atoms with van der Waals surface area (Å²) in [6.07, 6.45) is 9.39. The van der Waals surface area contributed by atoms with E-state index in [4.69, 9.17) is 11.6 Å². The van der Waals surface area contributed by atoms with Crippen LogP contribution >= 0.6 is 11.6 Å². The number of hydrogen-bond acceptors (Lipinski definition) is 0. The van der Waals surface area contributed by atoms with Crippen LogP contribution in [0.15, 0.2) is 0 Å². The van der Waals surface area contributed by atoms with E-state index >= 15 is 0 Å². The van der Waals surface area contributed by atoms with Gasteiger partial charge in [0.2, 0.25) is 0 Å². The molecular formula is C12H25Cl. The first-order chi connectivity index (χ1) is 6.18. The molecule has 13 heavy (non-hydrogen) atoms. The molecule has 0 fully saturated rings. The molecule has 0 nitrogen and oxygen atoms in total. The molecule has 0 aromatic carbocycles. The summed E-state index contributed by atoms with van der Waals surface area (Å²) in [6, 6.07) is 0. The molecular weight excluding hydrogens is 180 g/mol. The Balaban J connectivity index is 3.39. The molecule has 0 radical (unpaired) electrons. The van der Waals surface area contributed by atoms with Crippen molar-refractivity contribution in [2.45, 2.75) is 65.7 Å². The topological polar surface area (TPSA) is 0 Å². The van der Waals surface area contributed by atoms with Crippen LogP contribution in [-0.4, -0.2) is 5.88 Å². The summed E-state index contributed by atoms with van der Waals surface area (Å²) >= 11 is 5.95. The number of unbranched alkanes of at least 4 members (excludes halogenated alkanes) is 4. The summed E-state index contributed by atoms with van der Waals surface area (Å²) in [5, 5.41) is 0. The van der Waals surface area contributed by atoms with Crippen molar-refractivity contribution in [2.75, 3.05) is 5.88 Å². The van der Waals surface area contributed by atoms with Gasteiger partial charge >= 0.3 is 0 Å². The Morgan fingerprint density at radius 3 is 2.08 bits per heavy atom. The van der Waals surface area contributed by atoms with E-state index in [1.165, 1.54) is 44.9 Å². The fourth-order valence-corrected chi connectivity index (χ4v) is 1.82. The lowest BCUT2D eigenvalue weighted by Gasteiger charge is -2.25. The summed E-state index contributed by atoms with van der Waals surface area (Å²) in [7, 11) is 0. The van der Waals surface area contributed by atoms with E-state index in [1.54, 1.807) is 0 Å². The van der Waals surface area contributed by atoms with Crippen LogP contribution in [0, 0.1) is 5.41 Å². The normalized spacial score (nSPS) is 15.7. The van der Waals surface area contributed by atoms with Gasteiger partial charge in [0.05, 0.1) is 0 Å². The molecule has 0 bridgehead atoms.